The van der Waals surface area contributed by atoms with E-state index >= 15 is 0 Å². The average Bonchev–Trinajstić information content (AvgIpc) is 3.06. The zero-order valence-electron chi connectivity index (χ0n) is 24.8. The Bertz CT molecular complexity index is 1540. The van der Waals surface area contributed by atoms with Crippen molar-refractivity contribution in [3.05, 3.63) is 70.3 Å². The predicted octanol–water partition coefficient (Wildman–Crippen LogP) is 4.75. The van der Waals surface area contributed by atoms with Gasteiger partial charge >= 0.3 is 0 Å². The van der Waals surface area contributed by atoms with E-state index in [9.17, 15) is 23.4 Å². The number of hydrogen-bond acceptors (Lipinski definition) is 7. The minimum Gasteiger partial charge on any atom is -0.490 e. The number of anilines is 1. The van der Waals surface area contributed by atoms with E-state index in [2.05, 4.69) is 21.8 Å². The number of aryl methyl sites for hydroxylation is 1. The highest BCUT2D eigenvalue weighted by atomic mass is 35.5. The van der Waals surface area contributed by atoms with Crippen molar-refractivity contribution in [1.29, 1.82) is 0 Å². The SMILES string of the molecule is CC(C)(O)[C@@H]1CC/C=C/[C@H](O)[C@@H]2CC[C@H]2CN2C[C@@]3(CCCc4cc(Cl)ccc43)COc3ccc(cc32)C(=O)NS1(=O)=O. The number of halogens is 1. The van der Waals surface area contributed by atoms with E-state index in [1.807, 2.05) is 6.07 Å². The Balaban J connectivity index is 1.42. The van der Waals surface area contributed by atoms with Crippen LogP contribution < -0.4 is 14.4 Å². The van der Waals surface area contributed by atoms with Gasteiger partial charge in [0, 0.05) is 29.1 Å². The van der Waals surface area contributed by atoms with Crippen LogP contribution in [-0.4, -0.2) is 61.2 Å². The third-order valence-electron chi connectivity index (χ3n) is 10.00. The standard InChI is InChI=1S/C33H41ClN2O6S/c1-32(2,39)30-8-4-3-7-28(37)25-12-9-23(25)18-36-19-33(15-5-6-21-16-24(34)11-13-26(21)33)20-42-29-14-10-22(17-27(29)36)31(38)35-43(30,40)41/h3,7,10-11,13-14,16-17,23,25,28,30,37,39H,4-6,8-9,12,15,18-20H2,1-2H3,(H,35,38)/b7-3+/t23-,25+,28-,30-,33-/m0/s1. The number of nitrogens with one attached hydrogen (secondary N) is 1. The number of hydrogen-bond donors (Lipinski definition) is 3. The molecule has 1 amide bonds. The van der Waals surface area contributed by atoms with Crippen LogP contribution in [0, 0.1) is 11.8 Å². The molecule has 5 atom stereocenters. The molecule has 10 heteroatoms. The first-order chi connectivity index (χ1) is 20.4. The molecule has 2 bridgehead atoms. The molecule has 0 aromatic heterocycles. The van der Waals surface area contributed by atoms with Gasteiger partial charge < -0.3 is 19.8 Å². The van der Waals surface area contributed by atoms with Gasteiger partial charge in [0.25, 0.3) is 5.91 Å². The zero-order valence-corrected chi connectivity index (χ0v) is 26.3. The number of ether oxygens (including phenoxy) is 1. The summed E-state index contributed by atoms with van der Waals surface area (Å²) in [5.74, 6) is 0.216. The Morgan fingerprint density at radius 2 is 1.95 bits per heavy atom. The topological polar surface area (TPSA) is 116 Å². The molecule has 0 saturated heterocycles. The van der Waals surface area contributed by atoms with Gasteiger partial charge in [-0.1, -0.05) is 29.8 Å². The summed E-state index contributed by atoms with van der Waals surface area (Å²) in [6, 6.07) is 11.2. The quantitative estimate of drug-likeness (QED) is 0.390. The highest BCUT2D eigenvalue weighted by Gasteiger charge is 2.44. The Kier molecular flexibility index (Phi) is 8.07. The highest BCUT2D eigenvalue weighted by Crippen LogP contribution is 2.46. The average molecular weight is 629 g/mol. The summed E-state index contributed by atoms with van der Waals surface area (Å²) in [4.78, 5) is 15.7. The van der Waals surface area contributed by atoms with Gasteiger partial charge in [-0.15, -0.1) is 0 Å². The van der Waals surface area contributed by atoms with Gasteiger partial charge in [0.1, 0.15) is 11.0 Å². The number of nitrogens with zero attached hydrogens (tertiary/aromatic N) is 1. The number of carbonyl (C=O) groups is 1. The van der Waals surface area contributed by atoms with Gasteiger partial charge in [0.2, 0.25) is 10.0 Å². The number of rotatable bonds is 1. The first-order valence-electron chi connectivity index (χ1n) is 15.3. The van der Waals surface area contributed by atoms with Crippen LogP contribution >= 0.6 is 11.6 Å². The van der Waals surface area contributed by atoms with Gasteiger partial charge in [0.15, 0.2) is 0 Å². The lowest BCUT2D eigenvalue weighted by Crippen LogP contribution is -2.49. The lowest BCUT2D eigenvalue weighted by atomic mass is 9.68. The monoisotopic (exact) mass is 628 g/mol. The van der Waals surface area contributed by atoms with E-state index in [0.717, 1.165) is 42.8 Å². The number of aliphatic hydroxyl groups excluding tert-OH is 1. The molecule has 2 aliphatic heterocycles. The minimum absolute atomic E-state index is 0.0745. The molecule has 8 nitrogen and oxygen atoms in total. The van der Waals surface area contributed by atoms with E-state index in [0.29, 0.717) is 31.9 Å². The van der Waals surface area contributed by atoms with Crippen LogP contribution in [0.25, 0.3) is 0 Å². The Morgan fingerprint density at radius 1 is 1.14 bits per heavy atom. The van der Waals surface area contributed by atoms with Crippen molar-refractivity contribution in [2.75, 3.05) is 24.6 Å². The zero-order chi connectivity index (χ0) is 30.6. The maximum atomic E-state index is 13.4. The number of benzene rings is 2. The largest absolute Gasteiger partial charge is 0.490 e. The summed E-state index contributed by atoms with van der Waals surface area (Å²) >= 11 is 6.38. The van der Waals surface area contributed by atoms with Crippen LogP contribution in [0.2, 0.25) is 5.02 Å². The summed E-state index contributed by atoms with van der Waals surface area (Å²) in [5.41, 5.74) is 1.53. The summed E-state index contributed by atoms with van der Waals surface area (Å²) < 4.78 is 35.5. The van der Waals surface area contributed by atoms with Crippen LogP contribution in [0.3, 0.4) is 0 Å². The van der Waals surface area contributed by atoms with Crippen molar-refractivity contribution in [3.8, 4) is 5.75 Å². The molecule has 232 valence electrons. The Morgan fingerprint density at radius 3 is 2.70 bits per heavy atom. The number of allylic oxidation sites excluding steroid dienone is 1. The molecule has 2 aliphatic carbocycles. The fraction of sp³-hybridized carbons (Fsp3) is 0.545. The molecule has 4 aliphatic rings. The molecule has 2 heterocycles. The second-order valence-electron chi connectivity index (χ2n) is 13.4. The highest BCUT2D eigenvalue weighted by molar-refractivity contribution is 7.90. The van der Waals surface area contributed by atoms with Crippen LogP contribution in [-0.2, 0) is 21.9 Å². The normalized spacial score (nSPS) is 31.5. The third kappa shape index (κ3) is 5.93. The molecular formula is C33H41ClN2O6S. The molecule has 0 radical (unpaired) electrons. The van der Waals surface area contributed by atoms with Crippen LogP contribution in [0.4, 0.5) is 5.69 Å². The smallest absolute Gasteiger partial charge is 0.264 e. The molecule has 3 N–H and O–H groups in total. The van der Waals surface area contributed by atoms with E-state index in [4.69, 9.17) is 16.3 Å². The third-order valence-corrected chi connectivity index (χ3v) is 12.3. The fourth-order valence-corrected chi connectivity index (χ4v) is 9.50. The molecule has 1 fully saturated rings. The lowest BCUT2D eigenvalue weighted by Gasteiger charge is -2.45. The summed E-state index contributed by atoms with van der Waals surface area (Å²) in [5, 5.41) is 21.4. The second kappa shape index (κ2) is 11.4. The van der Waals surface area contributed by atoms with Crippen LogP contribution in [0.5, 0.6) is 5.75 Å². The fourth-order valence-electron chi connectivity index (χ4n) is 7.58. The Hall–Kier alpha value is -2.59. The van der Waals surface area contributed by atoms with Crippen molar-refractivity contribution in [2.45, 2.75) is 81.2 Å². The molecule has 6 rings (SSSR count). The minimum atomic E-state index is -4.23. The first kappa shape index (κ1) is 30.4. The molecule has 2 aromatic carbocycles. The van der Waals surface area contributed by atoms with Gasteiger partial charge in [0.05, 0.1) is 24.0 Å². The molecule has 1 spiro atoms. The van der Waals surface area contributed by atoms with E-state index in [-0.39, 0.29) is 29.2 Å². The van der Waals surface area contributed by atoms with Crippen molar-refractivity contribution < 1.29 is 28.2 Å². The molecule has 0 unspecified atom stereocenters. The summed E-state index contributed by atoms with van der Waals surface area (Å²) in [6.07, 6.45) is 8.14. The van der Waals surface area contributed by atoms with E-state index in [1.165, 1.54) is 25.0 Å². The number of sulfonamides is 1. The number of carbonyl (C=O) groups excluding carboxylic acids is 1. The van der Waals surface area contributed by atoms with Gasteiger partial charge in [-0.3, -0.25) is 4.79 Å². The van der Waals surface area contributed by atoms with Gasteiger partial charge in [-0.05, 0) is 112 Å². The predicted molar refractivity (Wildman–Crippen MR) is 167 cm³/mol. The lowest BCUT2D eigenvalue weighted by molar-refractivity contribution is 0.0455. The van der Waals surface area contributed by atoms with Crippen LogP contribution in [0.1, 0.15) is 73.9 Å². The molecular weight excluding hydrogens is 588 g/mol. The molecule has 1 saturated carbocycles. The summed E-state index contributed by atoms with van der Waals surface area (Å²) in [7, 11) is -4.23. The van der Waals surface area contributed by atoms with Gasteiger partial charge in [-0.2, -0.15) is 0 Å². The molecule has 2 aromatic rings. The van der Waals surface area contributed by atoms with Crippen molar-refractivity contribution in [2.24, 2.45) is 11.8 Å². The maximum absolute atomic E-state index is 13.4. The van der Waals surface area contributed by atoms with Gasteiger partial charge in [-0.25, -0.2) is 13.1 Å². The Labute approximate surface area is 259 Å². The molecule has 43 heavy (non-hydrogen) atoms. The van der Waals surface area contributed by atoms with E-state index in [1.54, 1.807) is 30.4 Å². The summed E-state index contributed by atoms with van der Waals surface area (Å²) in [6.45, 7) is 4.68. The number of aliphatic hydroxyl groups is 2. The first-order valence-corrected chi connectivity index (χ1v) is 17.2. The second-order valence-corrected chi connectivity index (χ2v) is 15.7. The van der Waals surface area contributed by atoms with Crippen molar-refractivity contribution >= 4 is 33.2 Å². The van der Waals surface area contributed by atoms with Crippen molar-refractivity contribution in [1.82, 2.24) is 4.72 Å². The number of amides is 1. The van der Waals surface area contributed by atoms with E-state index < -0.39 is 32.9 Å². The van der Waals surface area contributed by atoms with Crippen molar-refractivity contribution in [3.63, 3.8) is 0 Å². The van der Waals surface area contributed by atoms with Crippen LogP contribution in [0.15, 0.2) is 48.6 Å². The number of fused-ring (bicyclic) bond motifs is 4. The maximum Gasteiger partial charge on any atom is 0.264 e.